The van der Waals surface area contributed by atoms with Crippen molar-refractivity contribution in [3.8, 4) is 11.5 Å². The average molecular weight is 289 g/mol. The molecule has 4 atom stereocenters. The van der Waals surface area contributed by atoms with Gasteiger partial charge in [-0.25, -0.2) is 0 Å². The Kier molecular flexibility index (Phi) is 2.95. The third-order valence-corrected chi connectivity index (χ3v) is 5.37. The van der Waals surface area contributed by atoms with Gasteiger partial charge in [0, 0.05) is 18.0 Å². The molecular formula is C17H23NO3. The molecule has 0 radical (unpaired) electrons. The number of phenols is 1. The number of aromatic hydroxyl groups is 1. The fourth-order valence-corrected chi connectivity index (χ4v) is 4.20. The fourth-order valence-electron chi connectivity index (χ4n) is 4.20. The number of para-hydroxylation sites is 1. The zero-order valence-corrected chi connectivity index (χ0v) is 12.6. The Morgan fingerprint density at radius 2 is 2.19 bits per heavy atom. The molecule has 2 N–H and O–H groups in total. The van der Waals surface area contributed by atoms with Crippen molar-refractivity contribution in [2.45, 2.75) is 44.5 Å². The summed E-state index contributed by atoms with van der Waals surface area (Å²) in [4.78, 5) is 0. The van der Waals surface area contributed by atoms with E-state index in [1.807, 2.05) is 12.1 Å². The fraction of sp³-hybridized carbons (Fsp3) is 0.647. The minimum absolute atomic E-state index is 0.0372. The van der Waals surface area contributed by atoms with Crippen LogP contribution >= 0.6 is 0 Å². The van der Waals surface area contributed by atoms with Gasteiger partial charge in [-0.1, -0.05) is 12.1 Å². The van der Waals surface area contributed by atoms with Crippen LogP contribution in [0, 0.1) is 11.8 Å². The summed E-state index contributed by atoms with van der Waals surface area (Å²) in [5, 5.41) is 13.6. The van der Waals surface area contributed by atoms with Crippen LogP contribution in [0.4, 0.5) is 0 Å². The lowest BCUT2D eigenvalue weighted by molar-refractivity contribution is -0.178. The maximum atomic E-state index is 10.1. The highest BCUT2D eigenvalue weighted by molar-refractivity contribution is 5.49. The van der Waals surface area contributed by atoms with Crippen LogP contribution in [-0.2, 0) is 4.74 Å². The SMILES string of the molecule is CC1(C)Oc2c(O)cccc2[C@@H]2O[C@@H]3CCNC[C@@H]3C[C@H]21. The van der Waals surface area contributed by atoms with Crippen LogP contribution in [0.1, 0.15) is 38.4 Å². The summed E-state index contributed by atoms with van der Waals surface area (Å²) in [7, 11) is 0. The van der Waals surface area contributed by atoms with Crippen molar-refractivity contribution < 1.29 is 14.6 Å². The summed E-state index contributed by atoms with van der Waals surface area (Å²) in [6, 6.07) is 5.60. The number of rotatable bonds is 0. The number of hydrogen-bond acceptors (Lipinski definition) is 4. The highest BCUT2D eigenvalue weighted by Gasteiger charge is 2.51. The van der Waals surface area contributed by atoms with Crippen LogP contribution in [0.2, 0.25) is 0 Å². The number of benzene rings is 1. The molecule has 1 aromatic rings. The third-order valence-electron chi connectivity index (χ3n) is 5.37. The maximum Gasteiger partial charge on any atom is 0.167 e. The maximum absolute atomic E-state index is 10.1. The Morgan fingerprint density at radius 1 is 1.33 bits per heavy atom. The van der Waals surface area contributed by atoms with Crippen molar-refractivity contribution in [1.82, 2.24) is 5.32 Å². The van der Waals surface area contributed by atoms with Gasteiger partial charge in [0.15, 0.2) is 11.5 Å². The molecule has 21 heavy (non-hydrogen) atoms. The molecule has 0 amide bonds. The first-order chi connectivity index (χ1) is 10.1. The lowest BCUT2D eigenvalue weighted by Gasteiger charge is -2.52. The number of hydrogen-bond donors (Lipinski definition) is 2. The van der Waals surface area contributed by atoms with E-state index in [1.165, 1.54) is 0 Å². The molecule has 4 nitrogen and oxygen atoms in total. The largest absolute Gasteiger partial charge is 0.504 e. The second-order valence-electron chi connectivity index (χ2n) is 7.09. The molecule has 0 spiro atoms. The van der Waals surface area contributed by atoms with E-state index in [1.54, 1.807) is 6.07 Å². The number of piperidine rings is 1. The van der Waals surface area contributed by atoms with E-state index >= 15 is 0 Å². The minimum Gasteiger partial charge on any atom is -0.504 e. The number of nitrogens with one attached hydrogen (secondary N) is 1. The topological polar surface area (TPSA) is 50.7 Å². The van der Waals surface area contributed by atoms with E-state index in [4.69, 9.17) is 9.47 Å². The highest BCUT2D eigenvalue weighted by atomic mass is 16.5. The van der Waals surface area contributed by atoms with Crippen molar-refractivity contribution in [2.24, 2.45) is 11.8 Å². The molecule has 0 aliphatic carbocycles. The van der Waals surface area contributed by atoms with E-state index < -0.39 is 0 Å². The van der Waals surface area contributed by atoms with Crippen molar-refractivity contribution >= 4 is 0 Å². The van der Waals surface area contributed by atoms with Crippen LogP contribution in [0.25, 0.3) is 0 Å². The van der Waals surface area contributed by atoms with Gasteiger partial charge in [0.2, 0.25) is 0 Å². The zero-order chi connectivity index (χ0) is 14.6. The molecule has 0 unspecified atom stereocenters. The number of ether oxygens (including phenoxy) is 2. The lowest BCUT2D eigenvalue weighted by Crippen LogP contribution is -2.54. The van der Waals surface area contributed by atoms with Crippen molar-refractivity contribution in [2.75, 3.05) is 13.1 Å². The van der Waals surface area contributed by atoms with Gasteiger partial charge >= 0.3 is 0 Å². The van der Waals surface area contributed by atoms with Gasteiger partial charge in [0.1, 0.15) is 5.60 Å². The first kappa shape index (κ1) is 13.4. The average Bonchev–Trinajstić information content (AvgIpc) is 2.47. The Morgan fingerprint density at radius 3 is 3.05 bits per heavy atom. The van der Waals surface area contributed by atoms with Crippen LogP contribution < -0.4 is 10.1 Å². The quantitative estimate of drug-likeness (QED) is 0.771. The van der Waals surface area contributed by atoms with E-state index in [0.29, 0.717) is 23.7 Å². The Bertz CT molecular complexity index is 557. The van der Waals surface area contributed by atoms with E-state index in [9.17, 15) is 5.11 Å². The third kappa shape index (κ3) is 2.04. The predicted molar refractivity (Wildman–Crippen MR) is 79.5 cm³/mol. The van der Waals surface area contributed by atoms with Gasteiger partial charge in [-0.15, -0.1) is 0 Å². The predicted octanol–water partition coefficient (Wildman–Crippen LogP) is 2.62. The van der Waals surface area contributed by atoms with Gasteiger partial charge in [-0.3, -0.25) is 0 Å². The molecule has 4 rings (SSSR count). The minimum atomic E-state index is -0.321. The summed E-state index contributed by atoms with van der Waals surface area (Å²) >= 11 is 0. The first-order valence-electron chi connectivity index (χ1n) is 7.93. The van der Waals surface area contributed by atoms with Crippen LogP contribution in [0.3, 0.4) is 0 Å². The van der Waals surface area contributed by atoms with Crippen molar-refractivity contribution in [1.29, 1.82) is 0 Å². The monoisotopic (exact) mass is 289 g/mol. The zero-order valence-electron chi connectivity index (χ0n) is 12.6. The molecule has 1 aromatic carbocycles. The molecule has 3 heterocycles. The van der Waals surface area contributed by atoms with Gasteiger partial charge in [0.05, 0.1) is 12.2 Å². The molecular weight excluding hydrogens is 266 g/mol. The highest BCUT2D eigenvalue weighted by Crippen LogP contribution is 2.54. The summed E-state index contributed by atoms with van der Waals surface area (Å²) < 4.78 is 12.6. The second-order valence-corrected chi connectivity index (χ2v) is 7.09. The number of phenolic OH excluding ortho intramolecular Hbond substituents is 1. The molecule has 2 fully saturated rings. The molecule has 4 heteroatoms. The molecule has 3 aliphatic rings. The van der Waals surface area contributed by atoms with Crippen LogP contribution in [-0.4, -0.2) is 29.9 Å². The standard InChI is InChI=1S/C17H23NO3/c1-17(2)12-8-10-9-18-7-6-14(10)20-15(12)11-4-3-5-13(19)16(11)21-17/h3-5,10,12,14-15,18-19H,6-9H2,1-2H3/t10-,12+,14+,15-/m0/s1. The lowest BCUT2D eigenvalue weighted by atomic mass is 9.71. The Hall–Kier alpha value is -1.26. The van der Waals surface area contributed by atoms with Crippen molar-refractivity contribution in [3.63, 3.8) is 0 Å². The van der Waals surface area contributed by atoms with E-state index in [0.717, 1.165) is 31.5 Å². The smallest absolute Gasteiger partial charge is 0.167 e. The summed E-state index contributed by atoms with van der Waals surface area (Å²) in [6.07, 6.45) is 2.56. The van der Waals surface area contributed by atoms with Gasteiger partial charge < -0.3 is 19.9 Å². The Balaban J connectivity index is 1.75. The van der Waals surface area contributed by atoms with Crippen molar-refractivity contribution in [3.05, 3.63) is 23.8 Å². The summed E-state index contributed by atoms with van der Waals surface area (Å²) in [5.74, 6) is 1.72. The molecule has 114 valence electrons. The normalized spacial score (nSPS) is 36.9. The van der Waals surface area contributed by atoms with E-state index in [2.05, 4.69) is 19.2 Å². The molecule has 2 saturated heterocycles. The molecule has 0 aromatic heterocycles. The van der Waals surface area contributed by atoms with E-state index in [-0.39, 0.29) is 17.5 Å². The first-order valence-corrected chi connectivity index (χ1v) is 7.93. The molecule has 0 saturated carbocycles. The van der Waals surface area contributed by atoms with Crippen LogP contribution in [0.15, 0.2) is 18.2 Å². The van der Waals surface area contributed by atoms with Gasteiger partial charge in [0.25, 0.3) is 0 Å². The van der Waals surface area contributed by atoms with Crippen LogP contribution in [0.5, 0.6) is 11.5 Å². The Labute approximate surface area is 125 Å². The molecule has 0 bridgehead atoms. The summed E-state index contributed by atoms with van der Waals surface area (Å²) in [5.41, 5.74) is 0.690. The number of fused-ring (bicyclic) bond motifs is 4. The second kappa shape index (κ2) is 4.62. The summed E-state index contributed by atoms with van der Waals surface area (Å²) in [6.45, 7) is 6.29. The van der Waals surface area contributed by atoms with Gasteiger partial charge in [-0.2, -0.15) is 0 Å². The van der Waals surface area contributed by atoms with Gasteiger partial charge in [-0.05, 0) is 45.2 Å². The molecule has 3 aliphatic heterocycles.